The van der Waals surface area contributed by atoms with Gasteiger partial charge >= 0.3 is 12.3 Å². The van der Waals surface area contributed by atoms with Crippen LogP contribution >= 0.6 is 11.6 Å². The molecule has 4 rings (SSSR count). The summed E-state index contributed by atoms with van der Waals surface area (Å²) in [6, 6.07) is 12.2. The average molecular weight is 611 g/mol. The van der Waals surface area contributed by atoms with E-state index in [1.165, 1.54) is 19.1 Å². The summed E-state index contributed by atoms with van der Waals surface area (Å²) in [6.07, 6.45) is -4.29. The highest BCUT2D eigenvalue weighted by Crippen LogP contribution is 2.38. The number of nitrogens with one attached hydrogen (secondary N) is 1. The van der Waals surface area contributed by atoms with Crippen LogP contribution in [0.4, 0.5) is 28.9 Å². The van der Waals surface area contributed by atoms with E-state index >= 15 is 0 Å². The summed E-state index contributed by atoms with van der Waals surface area (Å²) in [4.78, 5) is 26.6. The van der Waals surface area contributed by atoms with Crippen molar-refractivity contribution in [3.63, 3.8) is 0 Å². The monoisotopic (exact) mass is 610 g/mol. The van der Waals surface area contributed by atoms with Gasteiger partial charge in [-0.25, -0.2) is 4.39 Å². The molecule has 0 spiro atoms. The van der Waals surface area contributed by atoms with E-state index in [0.717, 1.165) is 12.1 Å². The van der Waals surface area contributed by atoms with Crippen LogP contribution in [0.2, 0.25) is 5.02 Å². The number of rotatable bonds is 11. The molecule has 1 amide bonds. The van der Waals surface area contributed by atoms with E-state index in [4.69, 9.17) is 21.1 Å². The van der Waals surface area contributed by atoms with Gasteiger partial charge in [0.15, 0.2) is 11.6 Å². The van der Waals surface area contributed by atoms with Gasteiger partial charge in [0.25, 0.3) is 5.91 Å². The maximum absolute atomic E-state index is 14.3. The molecule has 3 aromatic carbocycles. The maximum Gasteiger partial charge on any atom is 0.573 e. The summed E-state index contributed by atoms with van der Waals surface area (Å²) in [6.45, 7) is 0.326. The van der Waals surface area contributed by atoms with Crippen molar-refractivity contribution in [1.29, 1.82) is 0 Å². The molecular weight excluding hydrogens is 584 g/mol. The van der Waals surface area contributed by atoms with E-state index in [1.807, 2.05) is 0 Å². The predicted molar refractivity (Wildman–Crippen MR) is 147 cm³/mol. The minimum absolute atomic E-state index is 0.113. The molecule has 13 heteroatoms. The standard InChI is InChI=1S/C29H27ClF4N2O6/c1-39-21-13-20(14-22(15-21)41-11-3-4-26(37)40-2)35-27(17-5-7-19(30)8-6-17)28(38)36-10-9-18-12-23(31)25(16-24(18)36)42-29(32,33)34/h5-8,12-16,27,35H,3-4,9-11H2,1-2H3. The third-order valence-corrected chi connectivity index (χ3v) is 6.67. The van der Waals surface area contributed by atoms with E-state index < -0.39 is 29.9 Å². The molecule has 1 aliphatic heterocycles. The first-order chi connectivity index (χ1) is 20.0. The summed E-state index contributed by atoms with van der Waals surface area (Å²) >= 11 is 6.07. The molecule has 0 bridgehead atoms. The summed E-state index contributed by atoms with van der Waals surface area (Å²) in [5.41, 5.74) is 1.43. The Morgan fingerprint density at radius 2 is 1.76 bits per heavy atom. The molecule has 0 saturated heterocycles. The zero-order valence-electron chi connectivity index (χ0n) is 22.6. The van der Waals surface area contributed by atoms with Gasteiger partial charge in [0, 0.05) is 47.9 Å². The fourth-order valence-corrected chi connectivity index (χ4v) is 4.58. The lowest BCUT2D eigenvalue weighted by atomic mass is 10.0. The van der Waals surface area contributed by atoms with Crippen LogP contribution in [0, 0.1) is 5.82 Å². The SMILES string of the molecule is COC(=O)CCCOc1cc(NC(C(=O)N2CCc3cc(F)c(OC(F)(F)F)cc32)c2ccc(Cl)cc2)cc(OC)c1. The minimum Gasteiger partial charge on any atom is -0.497 e. The molecule has 42 heavy (non-hydrogen) atoms. The fourth-order valence-electron chi connectivity index (χ4n) is 4.45. The third-order valence-electron chi connectivity index (χ3n) is 6.42. The Balaban J connectivity index is 1.63. The van der Waals surface area contributed by atoms with Crippen LogP contribution in [0.3, 0.4) is 0 Å². The zero-order chi connectivity index (χ0) is 30.4. The van der Waals surface area contributed by atoms with Crippen LogP contribution in [-0.2, 0) is 20.7 Å². The molecule has 0 saturated carbocycles. The first-order valence-corrected chi connectivity index (χ1v) is 13.2. The second-order valence-electron chi connectivity index (χ2n) is 9.25. The number of halogens is 5. The molecule has 3 aromatic rings. The van der Waals surface area contributed by atoms with Gasteiger partial charge < -0.3 is 29.2 Å². The first kappa shape index (κ1) is 30.8. The number of esters is 1. The van der Waals surface area contributed by atoms with Crippen LogP contribution in [0.25, 0.3) is 0 Å². The van der Waals surface area contributed by atoms with Gasteiger partial charge in [-0.1, -0.05) is 23.7 Å². The third kappa shape index (κ3) is 7.75. The van der Waals surface area contributed by atoms with Gasteiger partial charge in [0.05, 0.1) is 26.5 Å². The summed E-state index contributed by atoms with van der Waals surface area (Å²) < 4.78 is 72.6. The molecule has 0 radical (unpaired) electrons. The van der Waals surface area contributed by atoms with Crippen molar-refractivity contribution in [2.75, 3.05) is 37.6 Å². The lowest BCUT2D eigenvalue weighted by molar-refractivity contribution is -0.275. The van der Waals surface area contributed by atoms with Crippen molar-refractivity contribution in [2.45, 2.75) is 31.7 Å². The minimum atomic E-state index is -5.11. The number of benzene rings is 3. The Bertz CT molecular complexity index is 1430. The molecule has 1 heterocycles. The lowest BCUT2D eigenvalue weighted by Gasteiger charge is -2.27. The molecule has 224 valence electrons. The van der Waals surface area contributed by atoms with Crippen molar-refractivity contribution in [3.8, 4) is 17.2 Å². The highest BCUT2D eigenvalue weighted by Gasteiger charge is 2.36. The predicted octanol–water partition coefficient (Wildman–Crippen LogP) is 6.46. The second-order valence-corrected chi connectivity index (χ2v) is 9.69. The number of carbonyl (C=O) groups excluding carboxylic acids is 2. The van der Waals surface area contributed by atoms with Gasteiger partial charge in [-0.15, -0.1) is 13.2 Å². The van der Waals surface area contributed by atoms with Crippen LogP contribution in [0.1, 0.15) is 30.0 Å². The molecule has 0 fully saturated rings. The van der Waals surface area contributed by atoms with E-state index in [1.54, 1.807) is 42.5 Å². The van der Waals surface area contributed by atoms with Gasteiger partial charge in [0.2, 0.25) is 0 Å². The fraction of sp³-hybridized carbons (Fsp3) is 0.310. The number of hydrogen-bond acceptors (Lipinski definition) is 7. The highest BCUT2D eigenvalue weighted by atomic mass is 35.5. The molecule has 1 N–H and O–H groups in total. The second kappa shape index (κ2) is 13.2. The summed E-state index contributed by atoms with van der Waals surface area (Å²) in [7, 11) is 2.76. The normalized spacial score (nSPS) is 13.3. The maximum atomic E-state index is 14.3. The lowest BCUT2D eigenvalue weighted by Crippen LogP contribution is -2.37. The number of fused-ring (bicyclic) bond motifs is 1. The van der Waals surface area contributed by atoms with Crippen LogP contribution in [0.5, 0.6) is 17.2 Å². The van der Waals surface area contributed by atoms with E-state index in [-0.39, 0.29) is 37.6 Å². The Morgan fingerprint density at radius 1 is 1.05 bits per heavy atom. The number of hydrogen-bond donors (Lipinski definition) is 1. The Kier molecular flexibility index (Phi) is 9.66. The van der Waals surface area contributed by atoms with Crippen molar-refractivity contribution in [3.05, 3.63) is 76.6 Å². The van der Waals surface area contributed by atoms with E-state index in [0.29, 0.717) is 39.8 Å². The van der Waals surface area contributed by atoms with E-state index in [9.17, 15) is 27.2 Å². The first-order valence-electron chi connectivity index (χ1n) is 12.8. The van der Waals surface area contributed by atoms with Crippen LogP contribution in [-0.4, -0.2) is 45.6 Å². The van der Waals surface area contributed by atoms with Crippen molar-refractivity contribution < 1.29 is 46.1 Å². The Labute approximate surface area is 244 Å². The Morgan fingerprint density at radius 3 is 2.43 bits per heavy atom. The number of methoxy groups -OCH3 is 2. The van der Waals surface area contributed by atoms with Gasteiger partial charge in [-0.05, 0) is 42.2 Å². The summed E-state index contributed by atoms with van der Waals surface area (Å²) in [5, 5.41) is 3.60. The molecule has 0 aromatic heterocycles. The summed E-state index contributed by atoms with van der Waals surface area (Å²) in [5.74, 6) is -2.26. The number of nitrogens with zero attached hydrogens (tertiary/aromatic N) is 1. The number of ether oxygens (including phenoxy) is 4. The van der Waals surface area contributed by atoms with Crippen LogP contribution in [0.15, 0.2) is 54.6 Å². The van der Waals surface area contributed by atoms with Crippen molar-refractivity contribution in [2.24, 2.45) is 0 Å². The highest BCUT2D eigenvalue weighted by molar-refractivity contribution is 6.30. The molecule has 8 nitrogen and oxygen atoms in total. The molecule has 0 aliphatic carbocycles. The largest absolute Gasteiger partial charge is 0.573 e. The molecule has 1 atom stereocenters. The zero-order valence-corrected chi connectivity index (χ0v) is 23.4. The quantitative estimate of drug-likeness (QED) is 0.151. The average Bonchev–Trinajstić information content (AvgIpc) is 3.35. The number of anilines is 2. The molecule has 1 aliphatic rings. The Hall–Kier alpha value is -4.19. The number of amides is 1. The molecular formula is C29H27ClF4N2O6. The van der Waals surface area contributed by atoms with Gasteiger partial charge in [0.1, 0.15) is 17.5 Å². The van der Waals surface area contributed by atoms with Crippen molar-refractivity contribution >= 4 is 34.9 Å². The molecule has 1 unspecified atom stereocenters. The van der Waals surface area contributed by atoms with E-state index in [2.05, 4.69) is 14.8 Å². The number of alkyl halides is 3. The van der Waals surface area contributed by atoms with Gasteiger partial charge in [-0.2, -0.15) is 0 Å². The number of carbonyl (C=O) groups is 2. The smallest absolute Gasteiger partial charge is 0.497 e. The topological polar surface area (TPSA) is 86.3 Å². The van der Waals surface area contributed by atoms with Gasteiger partial charge in [-0.3, -0.25) is 9.59 Å². The van der Waals surface area contributed by atoms with Crippen LogP contribution < -0.4 is 24.4 Å². The van der Waals surface area contributed by atoms with Crippen molar-refractivity contribution in [1.82, 2.24) is 0 Å².